The minimum atomic E-state index is -0.237. The van der Waals surface area contributed by atoms with Crippen molar-refractivity contribution in [1.29, 1.82) is 0 Å². The van der Waals surface area contributed by atoms with Gasteiger partial charge in [0, 0.05) is 31.1 Å². The van der Waals surface area contributed by atoms with Crippen molar-refractivity contribution < 1.29 is 9.53 Å². The number of hydrogen-bond acceptors (Lipinski definition) is 8. The number of nitrogens with one attached hydrogen (secondary N) is 2. The van der Waals surface area contributed by atoms with Gasteiger partial charge in [0.25, 0.3) is 5.91 Å². The average molecular weight is 425 g/mol. The maximum absolute atomic E-state index is 12.6. The maximum Gasteiger partial charge on any atom is 0.253 e. The predicted molar refractivity (Wildman–Crippen MR) is 119 cm³/mol. The first-order valence-electron chi connectivity index (χ1n) is 9.75. The molecule has 2 heterocycles. The number of amides is 1. The number of carbonyl (C=O) groups excluding carboxylic acids is 1. The molecule has 3 aromatic rings. The first-order valence-corrected chi connectivity index (χ1v) is 9.75. The fourth-order valence-corrected chi connectivity index (χ4v) is 2.78. The summed E-state index contributed by atoms with van der Waals surface area (Å²) in [6, 6.07) is 9.06. The molecule has 0 aliphatic carbocycles. The summed E-state index contributed by atoms with van der Waals surface area (Å²) in [5, 5.41) is 15.7. The highest BCUT2D eigenvalue weighted by molar-refractivity contribution is 6.04. The third-order valence-corrected chi connectivity index (χ3v) is 4.46. The minimum Gasteiger partial charge on any atom is -0.383 e. The Bertz CT molecular complexity index is 1080. The molecular weight excluding hydrogens is 398 g/mol. The molecule has 1 amide bonds. The fourth-order valence-electron chi connectivity index (χ4n) is 2.78. The van der Waals surface area contributed by atoms with Gasteiger partial charge in [-0.3, -0.25) is 4.79 Å². The Hall–Kier alpha value is -3.70. The molecule has 0 fully saturated rings. The van der Waals surface area contributed by atoms with Crippen LogP contribution in [0.25, 0.3) is 5.52 Å². The number of rotatable bonds is 9. The van der Waals surface area contributed by atoms with E-state index in [0.29, 0.717) is 35.6 Å². The van der Waals surface area contributed by atoms with Gasteiger partial charge in [0.05, 0.1) is 18.2 Å². The fraction of sp³-hybridized carbons (Fsp3) is 0.300. The molecule has 0 saturated heterocycles. The van der Waals surface area contributed by atoms with Gasteiger partial charge in [-0.2, -0.15) is 5.10 Å². The summed E-state index contributed by atoms with van der Waals surface area (Å²) in [7, 11) is 1.58. The number of nitrogens with zero attached hydrogens (tertiary/aromatic N) is 5. The van der Waals surface area contributed by atoms with Crippen LogP contribution in [0.15, 0.2) is 48.0 Å². The quantitative estimate of drug-likeness (QED) is 0.131. The van der Waals surface area contributed by atoms with Crippen molar-refractivity contribution in [2.45, 2.75) is 19.9 Å². The van der Waals surface area contributed by atoms with Gasteiger partial charge in [-0.05, 0) is 32.0 Å². The van der Waals surface area contributed by atoms with Crippen LogP contribution in [-0.4, -0.2) is 57.8 Å². The second-order valence-corrected chi connectivity index (χ2v) is 7.04. The van der Waals surface area contributed by atoms with Crippen molar-refractivity contribution in [3.05, 3.63) is 54.0 Å². The topological polar surface area (TPSA) is 148 Å². The summed E-state index contributed by atoms with van der Waals surface area (Å²) in [5.41, 5.74) is 8.52. The zero-order chi connectivity index (χ0) is 22.4. The van der Waals surface area contributed by atoms with Crippen LogP contribution in [0.4, 0.5) is 11.5 Å². The summed E-state index contributed by atoms with van der Waals surface area (Å²) in [6.07, 6.45) is 3.12. The summed E-state index contributed by atoms with van der Waals surface area (Å²) in [5.74, 6) is 6.37. The highest BCUT2D eigenvalue weighted by Crippen LogP contribution is 2.23. The van der Waals surface area contributed by atoms with E-state index in [2.05, 4.69) is 25.8 Å². The molecule has 0 aliphatic rings. The molecule has 6 N–H and O–H groups in total. The van der Waals surface area contributed by atoms with Crippen LogP contribution in [0, 0.1) is 0 Å². The summed E-state index contributed by atoms with van der Waals surface area (Å²) < 4.78 is 6.57. The van der Waals surface area contributed by atoms with Gasteiger partial charge < -0.3 is 21.1 Å². The Morgan fingerprint density at radius 1 is 1.35 bits per heavy atom. The highest BCUT2D eigenvalue weighted by atomic mass is 16.5. The van der Waals surface area contributed by atoms with Crippen molar-refractivity contribution in [1.82, 2.24) is 25.0 Å². The van der Waals surface area contributed by atoms with E-state index in [1.165, 1.54) is 11.4 Å². The van der Waals surface area contributed by atoms with E-state index in [0.717, 1.165) is 5.69 Å². The van der Waals surface area contributed by atoms with Crippen LogP contribution in [0.1, 0.15) is 29.8 Å². The lowest BCUT2D eigenvalue weighted by Crippen LogP contribution is -2.35. The van der Waals surface area contributed by atoms with Crippen LogP contribution in [-0.2, 0) is 4.74 Å². The second-order valence-electron chi connectivity index (χ2n) is 7.04. The number of nitrogens with two attached hydrogens (primary N) is 2. The van der Waals surface area contributed by atoms with Crippen LogP contribution < -0.4 is 22.2 Å². The molecule has 11 heteroatoms. The van der Waals surface area contributed by atoms with Gasteiger partial charge in [0.2, 0.25) is 0 Å². The zero-order valence-electron chi connectivity index (χ0n) is 17.7. The van der Waals surface area contributed by atoms with E-state index in [-0.39, 0.29) is 17.8 Å². The van der Waals surface area contributed by atoms with Gasteiger partial charge in [-0.15, -0.1) is 5.10 Å². The van der Waals surface area contributed by atoms with E-state index >= 15 is 0 Å². The molecule has 0 bridgehead atoms. The number of amidine groups is 1. The Labute approximate surface area is 180 Å². The minimum absolute atomic E-state index is 0.0111. The molecule has 0 aliphatic heterocycles. The van der Waals surface area contributed by atoms with Crippen LogP contribution in [0.3, 0.4) is 0 Å². The van der Waals surface area contributed by atoms with Crippen molar-refractivity contribution >= 4 is 28.8 Å². The second kappa shape index (κ2) is 9.87. The van der Waals surface area contributed by atoms with Crippen LogP contribution in [0.5, 0.6) is 0 Å². The lowest BCUT2D eigenvalue weighted by atomic mass is 10.2. The summed E-state index contributed by atoms with van der Waals surface area (Å²) >= 11 is 0. The van der Waals surface area contributed by atoms with Gasteiger partial charge >= 0.3 is 0 Å². The molecule has 0 radical (unpaired) electrons. The molecule has 1 aromatic carbocycles. The third-order valence-electron chi connectivity index (χ3n) is 4.46. The molecule has 0 unspecified atom stereocenters. The number of hydrazine groups is 1. The molecule has 0 spiro atoms. The first kappa shape index (κ1) is 22.0. The Balaban J connectivity index is 1.89. The monoisotopic (exact) mass is 425 g/mol. The number of methoxy groups -OCH3 is 1. The van der Waals surface area contributed by atoms with Gasteiger partial charge in [0.1, 0.15) is 11.8 Å². The SMILES string of the molecule is COCCNC(=O)c1ccn2ncnc(Nc3cccc(/C(N)=N/N(N)C(C)C)c3)c12. The number of benzene rings is 1. The normalized spacial score (nSPS) is 11.7. The van der Waals surface area contributed by atoms with E-state index in [1.807, 2.05) is 38.1 Å². The Morgan fingerprint density at radius 3 is 2.90 bits per heavy atom. The van der Waals surface area contributed by atoms with Crippen molar-refractivity contribution in [3.8, 4) is 0 Å². The molecule has 164 valence electrons. The van der Waals surface area contributed by atoms with Gasteiger partial charge in [-0.1, -0.05) is 12.1 Å². The highest BCUT2D eigenvalue weighted by Gasteiger charge is 2.16. The van der Waals surface area contributed by atoms with E-state index in [4.69, 9.17) is 16.3 Å². The predicted octanol–water partition coefficient (Wildman–Crippen LogP) is 1.05. The Kier molecular flexibility index (Phi) is 7.00. The number of ether oxygens (including phenoxy) is 1. The summed E-state index contributed by atoms with van der Waals surface area (Å²) in [6.45, 7) is 4.65. The van der Waals surface area contributed by atoms with E-state index < -0.39 is 0 Å². The third kappa shape index (κ3) is 5.27. The lowest BCUT2D eigenvalue weighted by Gasteiger charge is -2.17. The smallest absolute Gasteiger partial charge is 0.253 e. The zero-order valence-corrected chi connectivity index (χ0v) is 17.7. The van der Waals surface area contributed by atoms with Crippen LogP contribution >= 0.6 is 0 Å². The number of anilines is 2. The molecule has 0 atom stereocenters. The first-order chi connectivity index (χ1) is 14.9. The van der Waals surface area contributed by atoms with Crippen molar-refractivity contribution in [3.63, 3.8) is 0 Å². The molecule has 31 heavy (non-hydrogen) atoms. The number of aromatic nitrogens is 3. The maximum atomic E-state index is 12.6. The molecule has 3 rings (SSSR count). The standard InChI is InChI=1S/C20H27N9O2/c1-13(2)29(22)27-18(21)14-5-4-6-15(11-14)26-19-17-16(20(30)23-8-10-31-3)7-9-28(17)25-12-24-19/h4-7,9,11-13H,8,10,22H2,1-3H3,(H2,21,27)(H,23,30)(H,24,25,26). The number of carbonyl (C=O) groups is 1. The summed E-state index contributed by atoms with van der Waals surface area (Å²) in [4.78, 5) is 16.9. The average Bonchev–Trinajstić information content (AvgIpc) is 3.19. The van der Waals surface area contributed by atoms with Crippen LogP contribution in [0.2, 0.25) is 0 Å². The largest absolute Gasteiger partial charge is 0.383 e. The number of hydrogen-bond donors (Lipinski definition) is 4. The lowest BCUT2D eigenvalue weighted by molar-refractivity contribution is 0.0939. The molecular formula is C20H27N9O2. The van der Waals surface area contributed by atoms with Crippen molar-refractivity contribution in [2.75, 3.05) is 25.6 Å². The molecule has 11 nitrogen and oxygen atoms in total. The number of fused-ring (bicyclic) bond motifs is 1. The Morgan fingerprint density at radius 2 is 2.16 bits per heavy atom. The number of hydrazone groups is 1. The van der Waals surface area contributed by atoms with Gasteiger partial charge in [-0.25, -0.2) is 20.5 Å². The van der Waals surface area contributed by atoms with E-state index in [1.54, 1.807) is 23.9 Å². The van der Waals surface area contributed by atoms with Gasteiger partial charge in [0.15, 0.2) is 11.7 Å². The van der Waals surface area contributed by atoms with Crippen molar-refractivity contribution in [2.24, 2.45) is 16.7 Å². The molecule has 0 saturated carbocycles. The molecule has 2 aromatic heterocycles. The van der Waals surface area contributed by atoms with E-state index in [9.17, 15) is 4.79 Å².